The maximum Gasteiger partial charge on any atom is 0.223 e. The van der Waals surface area contributed by atoms with Crippen LogP contribution < -0.4 is 10.6 Å². The molecule has 1 aliphatic rings. The molecule has 4 heteroatoms. The number of carbonyl (C=O) groups is 1. The van der Waals surface area contributed by atoms with Crippen LogP contribution in [0.3, 0.4) is 0 Å². The molecule has 0 saturated carbocycles. The van der Waals surface area contributed by atoms with Gasteiger partial charge in [-0.15, -0.1) is 11.8 Å². The van der Waals surface area contributed by atoms with Gasteiger partial charge >= 0.3 is 0 Å². The smallest absolute Gasteiger partial charge is 0.223 e. The zero-order valence-corrected chi connectivity index (χ0v) is 13.1. The van der Waals surface area contributed by atoms with Crippen molar-refractivity contribution in [2.75, 3.05) is 18.8 Å². The molecule has 1 saturated heterocycles. The summed E-state index contributed by atoms with van der Waals surface area (Å²) in [5.74, 6) is 1.34. The first kappa shape index (κ1) is 15.4. The zero-order valence-electron chi connectivity index (χ0n) is 12.3. The van der Waals surface area contributed by atoms with Crippen molar-refractivity contribution in [2.45, 2.75) is 37.6 Å². The molecule has 1 aliphatic heterocycles. The third kappa shape index (κ3) is 4.84. The monoisotopic (exact) mass is 292 g/mol. The quantitative estimate of drug-likeness (QED) is 0.647. The Morgan fingerprint density at radius 2 is 2.15 bits per heavy atom. The van der Waals surface area contributed by atoms with Crippen molar-refractivity contribution in [3.05, 3.63) is 29.8 Å². The number of nitrogens with one attached hydrogen (secondary N) is 2. The summed E-state index contributed by atoms with van der Waals surface area (Å²) in [4.78, 5) is 13.3. The predicted octanol–water partition coefficient (Wildman–Crippen LogP) is 2.59. The van der Waals surface area contributed by atoms with E-state index in [0.717, 1.165) is 31.7 Å². The van der Waals surface area contributed by atoms with E-state index in [1.807, 2.05) is 0 Å². The molecule has 0 bridgehead atoms. The summed E-state index contributed by atoms with van der Waals surface area (Å²) in [5, 5.41) is 6.44. The van der Waals surface area contributed by atoms with Crippen molar-refractivity contribution in [1.29, 1.82) is 0 Å². The third-order valence-corrected chi connectivity index (χ3v) is 4.70. The van der Waals surface area contributed by atoms with Crippen LogP contribution in [0, 0.1) is 12.8 Å². The number of amides is 1. The summed E-state index contributed by atoms with van der Waals surface area (Å²) in [7, 11) is 0. The highest BCUT2D eigenvalue weighted by atomic mass is 32.2. The van der Waals surface area contributed by atoms with Gasteiger partial charge in [0.1, 0.15) is 0 Å². The highest BCUT2D eigenvalue weighted by Gasteiger charge is 2.24. The van der Waals surface area contributed by atoms with Crippen LogP contribution in [0.1, 0.15) is 25.3 Å². The van der Waals surface area contributed by atoms with Crippen LogP contribution in [0.4, 0.5) is 0 Å². The lowest BCUT2D eigenvalue weighted by atomic mass is 9.92. The summed E-state index contributed by atoms with van der Waals surface area (Å²) >= 11 is 1.79. The van der Waals surface area contributed by atoms with Gasteiger partial charge in [-0.05, 0) is 45.4 Å². The van der Waals surface area contributed by atoms with Gasteiger partial charge in [0.15, 0.2) is 0 Å². The maximum absolute atomic E-state index is 12.1. The average Bonchev–Trinajstić information content (AvgIpc) is 2.45. The normalized spacial score (nSPS) is 22.5. The fourth-order valence-corrected chi connectivity index (χ4v) is 3.26. The van der Waals surface area contributed by atoms with Crippen molar-refractivity contribution in [3.63, 3.8) is 0 Å². The fraction of sp³-hybridized carbons (Fsp3) is 0.562. The largest absolute Gasteiger partial charge is 0.355 e. The van der Waals surface area contributed by atoms with E-state index < -0.39 is 0 Å². The molecule has 2 atom stereocenters. The predicted molar refractivity (Wildman–Crippen MR) is 85.1 cm³/mol. The SMILES string of the molecule is Cc1ccc(SCCNC(=O)[C@H]2CCN[C@@H](C)C2)cc1. The van der Waals surface area contributed by atoms with E-state index >= 15 is 0 Å². The van der Waals surface area contributed by atoms with Gasteiger partial charge in [0, 0.05) is 29.2 Å². The highest BCUT2D eigenvalue weighted by molar-refractivity contribution is 7.99. The zero-order chi connectivity index (χ0) is 14.4. The van der Waals surface area contributed by atoms with Gasteiger partial charge < -0.3 is 10.6 Å². The summed E-state index contributed by atoms with van der Waals surface area (Å²) < 4.78 is 0. The van der Waals surface area contributed by atoms with Crippen LogP contribution in [0.5, 0.6) is 0 Å². The van der Waals surface area contributed by atoms with Crippen LogP contribution in [0.25, 0.3) is 0 Å². The van der Waals surface area contributed by atoms with Gasteiger partial charge in [0.2, 0.25) is 5.91 Å². The molecule has 1 fully saturated rings. The van der Waals surface area contributed by atoms with Crippen molar-refractivity contribution < 1.29 is 4.79 Å². The first-order chi connectivity index (χ1) is 9.65. The number of thioether (sulfide) groups is 1. The summed E-state index contributed by atoms with van der Waals surface area (Å²) in [6.07, 6.45) is 1.91. The average molecular weight is 292 g/mol. The second kappa shape index (κ2) is 7.70. The number of aryl methyl sites for hydroxylation is 1. The first-order valence-corrected chi connectivity index (χ1v) is 8.34. The van der Waals surface area contributed by atoms with E-state index in [1.54, 1.807) is 11.8 Å². The van der Waals surface area contributed by atoms with Crippen molar-refractivity contribution in [2.24, 2.45) is 5.92 Å². The molecule has 0 aromatic heterocycles. The standard InChI is InChI=1S/C16H24N2OS/c1-12-3-5-15(6-4-12)20-10-9-18-16(19)14-7-8-17-13(2)11-14/h3-6,13-14,17H,7-11H2,1-2H3,(H,18,19)/t13-,14-/m0/s1. The van der Waals surface area contributed by atoms with Crippen molar-refractivity contribution in [3.8, 4) is 0 Å². The molecule has 3 nitrogen and oxygen atoms in total. The number of rotatable bonds is 5. The Morgan fingerprint density at radius 3 is 2.85 bits per heavy atom. The van der Waals surface area contributed by atoms with Gasteiger partial charge in [-0.25, -0.2) is 0 Å². The molecule has 2 rings (SSSR count). The number of hydrogen-bond acceptors (Lipinski definition) is 3. The summed E-state index contributed by atoms with van der Waals surface area (Å²) in [6.45, 7) is 5.94. The molecular weight excluding hydrogens is 268 g/mol. The van der Waals surface area contributed by atoms with E-state index in [1.165, 1.54) is 10.5 Å². The van der Waals surface area contributed by atoms with Crippen LogP contribution >= 0.6 is 11.8 Å². The molecule has 2 N–H and O–H groups in total. The van der Waals surface area contributed by atoms with E-state index in [0.29, 0.717) is 6.04 Å². The Hall–Kier alpha value is -1.00. The van der Waals surface area contributed by atoms with Gasteiger partial charge in [-0.3, -0.25) is 4.79 Å². The van der Waals surface area contributed by atoms with Gasteiger partial charge in [0.25, 0.3) is 0 Å². The van der Waals surface area contributed by atoms with E-state index in [9.17, 15) is 4.79 Å². The maximum atomic E-state index is 12.1. The molecule has 1 heterocycles. The van der Waals surface area contributed by atoms with Crippen molar-refractivity contribution >= 4 is 17.7 Å². The fourth-order valence-electron chi connectivity index (χ4n) is 2.49. The lowest BCUT2D eigenvalue weighted by Crippen LogP contribution is -2.42. The molecular formula is C16H24N2OS. The summed E-state index contributed by atoms with van der Waals surface area (Å²) in [5.41, 5.74) is 1.28. The topological polar surface area (TPSA) is 41.1 Å². The second-order valence-electron chi connectivity index (χ2n) is 5.53. The Balaban J connectivity index is 1.65. The van der Waals surface area contributed by atoms with Crippen LogP contribution in [-0.4, -0.2) is 30.8 Å². The second-order valence-corrected chi connectivity index (χ2v) is 6.70. The Bertz CT molecular complexity index is 433. The molecule has 1 aromatic carbocycles. The van der Waals surface area contributed by atoms with Gasteiger partial charge in [-0.2, -0.15) is 0 Å². The molecule has 0 unspecified atom stereocenters. The molecule has 0 spiro atoms. The molecule has 20 heavy (non-hydrogen) atoms. The van der Waals surface area contributed by atoms with Crippen molar-refractivity contribution in [1.82, 2.24) is 10.6 Å². The van der Waals surface area contributed by atoms with Gasteiger partial charge in [-0.1, -0.05) is 17.7 Å². The van der Waals surface area contributed by atoms with E-state index in [4.69, 9.17) is 0 Å². The Labute approximate surface area is 125 Å². The van der Waals surface area contributed by atoms with E-state index in [-0.39, 0.29) is 11.8 Å². The molecule has 1 amide bonds. The summed E-state index contributed by atoms with van der Waals surface area (Å²) in [6, 6.07) is 8.97. The van der Waals surface area contributed by atoms with Gasteiger partial charge in [0.05, 0.1) is 0 Å². The highest BCUT2D eigenvalue weighted by Crippen LogP contribution is 2.18. The minimum absolute atomic E-state index is 0.190. The van der Waals surface area contributed by atoms with Crippen LogP contribution in [-0.2, 0) is 4.79 Å². The minimum Gasteiger partial charge on any atom is -0.355 e. The van der Waals surface area contributed by atoms with Crippen LogP contribution in [0.2, 0.25) is 0 Å². The molecule has 110 valence electrons. The molecule has 0 radical (unpaired) electrons. The first-order valence-electron chi connectivity index (χ1n) is 7.35. The van der Waals surface area contributed by atoms with Crippen LogP contribution in [0.15, 0.2) is 29.2 Å². The number of carbonyl (C=O) groups excluding carboxylic acids is 1. The number of hydrogen-bond donors (Lipinski definition) is 2. The third-order valence-electron chi connectivity index (χ3n) is 3.69. The Morgan fingerprint density at radius 1 is 1.40 bits per heavy atom. The molecule has 0 aliphatic carbocycles. The van der Waals surface area contributed by atoms with E-state index in [2.05, 4.69) is 48.7 Å². The number of benzene rings is 1. The Kier molecular flexibility index (Phi) is 5.92. The lowest BCUT2D eigenvalue weighted by molar-refractivity contribution is -0.125. The molecule has 1 aromatic rings. The number of piperidine rings is 1. The lowest BCUT2D eigenvalue weighted by Gasteiger charge is -2.27. The minimum atomic E-state index is 0.190.